The molecule has 158 valence electrons. The van der Waals surface area contributed by atoms with Gasteiger partial charge in [0.2, 0.25) is 0 Å². The van der Waals surface area contributed by atoms with E-state index >= 15 is 0 Å². The van der Waals surface area contributed by atoms with Gasteiger partial charge in [0, 0.05) is 23.9 Å². The van der Waals surface area contributed by atoms with Gasteiger partial charge in [-0.25, -0.2) is 9.36 Å². The fraction of sp³-hybridized carbons (Fsp3) is 0.667. The van der Waals surface area contributed by atoms with Gasteiger partial charge in [-0.05, 0) is 12.8 Å². The summed E-state index contributed by atoms with van der Waals surface area (Å²) in [4.78, 5) is 0. The van der Waals surface area contributed by atoms with Crippen LogP contribution in [0.15, 0.2) is 10.2 Å². The van der Waals surface area contributed by atoms with Crippen LogP contribution < -0.4 is 5.73 Å². The normalized spacial score (nSPS) is 12.7. The van der Waals surface area contributed by atoms with Crippen LogP contribution in [0.2, 0.25) is 0 Å². The van der Waals surface area contributed by atoms with Crippen molar-refractivity contribution in [1.29, 1.82) is 5.26 Å². The minimum atomic E-state index is -0.268. The van der Waals surface area contributed by atoms with E-state index in [9.17, 15) is 5.26 Å². The zero-order valence-corrected chi connectivity index (χ0v) is 19.0. The number of hydrogen-bond acceptors (Lipinski definition) is 6. The number of nitrogen functional groups attached to an aromatic ring is 1. The molecule has 8 heteroatoms. The van der Waals surface area contributed by atoms with Gasteiger partial charge in [-0.2, -0.15) is 15.5 Å². The molecule has 0 bridgehead atoms. The Kier molecular flexibility index (Phi) is 6.51. The summed E-state index contributed by atoms with van der Waals surface area (Å²) in [6, 6.07) is 2.28. The lowest BCUT2D eigenvalue weighted by molar-refractivity contribution is 0.528. The van der Waals surface area contributed by atoms with Crippen molar-refractivity contribution < 1.29 is 0 Å². The summed E-state index contributed by atoms with van der Waals surface area (Å²) in [5, 5.41) is 28.1. The van der Waals surface area contributed by atoms with Gasteiger partial charge in [-0.15, -0.1) is 10.2 Å². The number of anilines is 1. The van der Waals surface area contributed by atoms with Crippen LogP contribution >= 0.6 is 0 Å². The second kappa shape index (κ2) is 8.36. The van der Waals surface area contributed by atoms with Crippen LogP contribution in [0.5, 0.6) is 0 Å². The van der Waals surface area contributed by atoms with E-state index in [2.05, 4.69) is 61.1 Å². The monoisotopic (exact) mass is 398 g/mol. The first-order chi connectivity index (χ1) is 13.5. The third-order valence-corrected chi connectivity index (χ3v) is 4.54. The number of aromatic nitrogens is 4. The lowest BCUT2D eigenvalue weighted by atomic mass is 9.90. The maximum Gasteiger partial charge on any atom is 0.191 e. The van der Waals surface area contributed by atoms with Crippen LogP contribution in [-0.2, 0) is 23.9 Å². The maximum absolute atomic E-state index is 9.81. The number of azo groups is 1. The van der Waals surface area contributed by atoms with Crippen LogP contribution in [0.4, 0.5) is 17.3 Å². The molecule has 0 saturated carbocycles. The number of nitriles is 1. The minimum Gasteiger partial charge on any atom is -0.382 e. The lowest BCUT2D eigenvalue weighted by Crippen LogP contribution is -2.14. The summed E-state index contributed by atoms with van der Waals surface area (Å²) in [5.41, 5.74) is 8.40. The molecule has 2 rings (SSSR count). The Morgan fingerprint density at radius 3 is 1.90 bits per heavy atom. The SMILES string of the molecule is CCCn1nc(C(C)(C)C)c(N=Nc2c(C#N)c(C(C)(C)C)nn2CCC)c1N. The van der Waals surface area contributed by atoms with Crippen LogP contribution in [0, 0.1) is 11.3 Å². The smallest absolute Gasteiger partial charge is 0.191 e. The molecule has 0 aliphatic heterocycles. The molecule has 0 spiro atoms. The molecule has 0 amide bonds. The van der Waals surface area contributed by atoms with Crippen molar-refractivity contribution in [1.82, 2.24) is 19.6 Å². The fourth-order valence-electron chi connectivity index (χ4n) is 3.10. The van der Waals surface area contributed by atoms with E-state index in [1.807, 2.05) is 20.8 Å². The van der Waals surface area contributed by atoms with E-state index in [-0.39, 0.29) is 10.8 Å². The second-order valence-corrected chi connectivity index (χ2v) is 9.39. The molecule has 0 aliphatic carbocycles. The predicted octanol–water partition coefficient (Wildman–Crippen LogP) is 5.36. The topological polar surface area (TPSA) is 110 Å². The first-order valence-electron chi connectivity index (χ1n) is 10.3. The van der Waals surface area contributed by atoms with Crippen molar-refractivity contribution >= 4 is 17.3 Å². The molecular weight excluding hydrogens is 364 g/mol. The van der Waals surface area contributed by atoms with E-state index in [1.165, 1.54) is 0 Å². The molecule has 0 radical (unpaired) electrons. The molecule has 29 heavy (non-hydrogen) atoms. The average Bonchev–Trinajstić information content (AvgIpc) is 3.12. The van der Waals surface area contributed by atoms with Crippen molar-refractivity contribution in [3.05, 3.63) is 17.0 Å². The number of rotatable bonds is 6. The molecule has 0 aliphatic rings. The first kappa shape index (κ1) is 22.6. The Balaban J connectivity index is 2.66. The molecule has 2 aromatic rings. The predicted molar refractivity (Wildman–Crippen MR) is 116 cm³/mol. The highest BCUT2D eigenvalue weighted by Gasteiger charge is 2.28. The summed E-state index contributed by atoms with van der Waals surface area (Å²) >= 11 is 0. The van der Waals surface area contributed by atoms with E-state index in [0.29, 0.717) is 29.4 Å². The van der Waals surface area contributed by atoms with Gasteiger partial charge in [0.25, 0.3) is 0 Å². The van der Waals surface area contributed by atoms with Gasteiger partial charge in [-0.1, -0.05) is 55.4 Å². The minimum absolute atomic E-state index is 0.236. The standard InChI is InChI=1S/C21H34N8/c1-9-11-28-18(23)15(17(27-28)21(6,7)8)24-25-19-14(13-22)16(20(3,4)5)26-29(19)12-10-2/h9-12,23H2,1-8H3. The van der Waals surface area contributed by atoms with Gasteiger partial charge < -0.3 is 5.73 Å². The highest BCUT2D eigenvalue weighted by atomic mass is 15.4. The quantitative estimate of drug-likeness (QED) is 0.660. The van der Waals surface area contributed by atoms with Gasteiger partial charge in [0.05, 0.1) is 11.4 Å². The fourth-order valence-corrected chi connectivity index (χ4v) is 3.10. The number of nitrogens with two attached hydrogens (primary N) is 1. The highest BCUT2D eigenvalue weighted by molar-refractivity contribution is 5.63. The molecule has 0 fully saturated rings. The van der Waals surface area contributed by atoms with Crippen LogP contribution in [-0.4, -0.2) is 19.6 Å². The number of nitrogens with zero attached hydrogens (tertiary/aromatic N) is 7. The molecule has 8 nitrogen and oxygen atoms in total. The summed E-state index contributed by atoms with van der Waals surface area (Å²) < 4.78 is 3.55. The highest BCUT2D eigenvalue weighted by Crippen LogP contribution is 2.38. The van der Waals surface area contributed by atoms with Gasteiger partial charge in [0.15, 0.2) is 11.5 Å². The number of hydrogen-bond donors (Lipinski definition) is 1. The Labute approximate surface area is 173 Å². The largest absolute Gasteiger partial charge is 0.382 e. The first-order valence-corrected chi connectivity index (χ1v) is 10.3. The van der Waals surface area contributed by atoms with Crippen LogP contribution in [0.25, 0.3) is 0 Å². The molecule has 0 saturated heterocycles. The summed E-state index contributed by atoms with van der Waals surface area (Å²) in [6.07, 6.45) is 1.80. The molecule has 0 unspecified atom stereocenters. The van der Waals surface area contributed by atoms with Crippen molar-refractivity contribution in [2.24, 2.45) is 10.2 Å². The van der Waals surface area contributed by atoms with E-state index in [1.54, 1.807) is 9.36 Å². The molecule has 0 atom stereocenters. The van der Waals surface area contributed by atoms with Crippen LogP contribution in [0.1, 0.15) is 85.2 Å². The Morgan fingerprint density at radius 1 is 0.897 bits per heavy atom. The van der Waals surface area contributed by atoms with Crippen molar-refractivity contribution in [2.75, 3.05) is 5.73 Å². The zero-order valence-electron chi connectivity index (χ0n) is 19.0. The summed E-state index contributed by atoms with van der Waals surface area (Å²) in [5.74, 6) is 0.971. The van der Waals surface area contributed by atoms with E-state index in [4.69, 9.17) is 5.73 Å². The van der Waals surface area contributed by atoms with Crippen LogP contribution in [0.3, 0.4) is 0 Å². The van der Waals surface area contributed by atoms with Gasteiger partial charge in [0.1, 0.15) is 17.5 Å². The molecule has 2 aromatic heterocycles. The van der Waals surface area contributed by atoms with E-state index < -0.39 is 0 Å². The Bertz CT molecular complexity index is 926. The zero-order chi connectivity index (χ0) is 22.0. The number of aryl methyl sites for hydroxylation is 2. The molecular formula is C21H34N8. The summed E-state index contributed by atoms with van der Waals surface area (Å²) in [6.45, 7) is 17.9. The maximum atomic E-state index is 9.81. The molecule has 0 aromatic carbocycles. The third-order valence-electron chi connectivity index (χ3n) is 4.54. The average molecular weight is 399 g/mol. The second-order valence-electron chi connectivity index (χ2n) is 9.39. The Hall–Kier alpha value is -2.69. The summed E-state index contributed by atoms with van der Waals surface area (Å²) in [7, 11) is 0. The molecule has 2 N–H and O–H groups in total. The van der Waals surface area contributed by atoms with Crippen molar-refractivity contribution in [3.8, 4) is 6.07 Å². The van der Waals surface area contributed by atoms with Crippen molar-refractivity contribution in [3.63, 3.8) is 0 Å². The van der Waals surface area contributed by atoms with E-state index in [0.717, 1.165) is 30.8 Å². The van der Waals surface area contributed by atoms with Gasteiger partial charge >= 0.3 is 0 Å². The van der Waals surface area contributed by atoms with Crippen molar-refractivity contribution in [2.45, 2.75) is 92.2 Å². The lowest BCUT2D eigenvalue weighted by Gasteiger charge is -2.15. The molecule has 2 heterocycles. The Morgan fingerprint density at radius 2 is 1.41 bits per heavy atom. The van der Waals surface area contributed by atoms with Gasteiger partial charge in [-0.3, -0.25) is 0 Å². The third kappa shape index (κ3) is 4.66.